The molecule has 0 bridgehead atoms. The van der Waals surface area contributed by atoms with Gasteiger partial charge in [-0.3, -0.25) is 0 Å². The SMILES string of the molecule is CC(C)(C)NC[C@@H](COc1nsnc1N1CCOCC1)OC(=O)c1cc2ccccc2c(Cc2c(O)c(C(=O)O)cc3ccccc23)c1O. The van der Waals surface area contributed by atoms with Gasteiger partial charge in [-0.25, -0.2) is 9.59 Å². The van der Waals surface area contributed by atoms with E-state index in [9.17, 15) is 24.9 Å². The van der Waals surface area contributed by atoms with Gasteiger partial charge >= 0.3 is 11.9 Å². The third kappa shape index (κ3) is 7.53. The molecule has 0 unspecified atom stereocenters. The number of rotatable bonds is 11. The van der Waals surface area contributed by atoms with E-state index >= 15 is 0 Å². The number of nitrogens with one attached hydrogen (secondary N) is 1. The van der Waals surface area contributed by atoms with Gasteiger partial charge in [0.2, 0.25) is 5.82 Å². The Hall–Kier alpha value is -4.98. The molecular weight excluding hydrogens is 648 g/mol. The van der Waals surface area contributed by atoms with E-state index in [0.717, 1.165) is 11.7 Å². The highest BCUT2D eigenvalue weighted by atomic mass is 32.1. The molecule has 0 spiro atoms. The number of phenolic OH excluding ortho intramolecular Hbond substituents is 1. The summed E-state index contributed by atoms with van der Waals surface area (Å²) in [5.41, 5.74) is 0.0398. The maximum atomic E-state index is 13.9. The van der Waals surface area contributed by atoms with Crippen LogP contribution in [0.25, 0.3) is 21.5 Å². The molecule has 1 fully saturated rings. The molecule has 1 aromatic heterocycles. The number of carboxylic acids is 1. The minimum atomic E-state index is -1.28. The number of aromatic hydroxyl groups is 2. The lowest BCUT2D eigenvalue weighted by atomic mass is 9.90. The minimum Gasteiger partial charge on any atom is -0.507 e. The quantitative estimate of drug-likeness (QED) is 0.132. The van der Waals surface area contributed by atoms with Crippen LogP contribution in [0, 0.1) is 0 Å². The van der Waals surface area contributed by atoms with Crippen molar-refractivity contribution in [1.82, 2.24) is 14.1 Å². The van der Waals surface area contributed by atoms with Gasteiger partial charge in [-0.05, 0) is 54.4 Å². The number of esters is 1. The lowest BCUT2D eigenvalue weighted by molar-refractivity contribution is 0.0154. The van der Waals surface area contributed by atoms with Crippen molar-refractivity contribution in [2.45, 2.75) is 38.8 Å². The number of hydrogen-bond donors (Lipinski definition) is 4. The summed E-state index contributed by atoms with van der Waals surface area (Å²) >= 11 is 1.03. The Morgan fingerprint density at radius 1 is 0.939 bits per heavy atom. The summed E-state index contributed by atoms with van der Waals surface area (Å²) in [5.74, 6) is -1.82. The number of aromatic nitrogens is 2. The van der Waals surface area contributed by atoms with Crippen molar-refractivity contribution in [3.05, 3.63) is 82.9 Å². The Kier molecular flexibility index (Phi) is 9.86. The average molecular weight is 687 g/mol. The number of anilines is 1. The predicted octanol–water partition coefficient (Wildman–Crippen LogP) is 5.37. The highest BCUT2D eigenvalue weighted by Crippen LogP contribution is 2.39. The zero-order valence-corrected chi connectivity index (χ0v) is 28.2. The summed E-state index contributed by atoms with van der Waals surface area (Å²) in [6.45, 7) is 8.67. The summed E-state index contributed by atoms with van der Waals surface area (Å²) in [5, 5.41) is 38.6. The molecule has 1 aliphatic rings. The van der Waals surface area contributed by atoms with Gasteiger partial charge in [0.15, 0.2) is 0 Å². The molecule has 2 heterocycles. The number of benzene rings is 4. The second kappa shape index (κ2) is 14.2. The molecule has 0 aliphatic carbocycles. The molecule has 1 atom stereocenters. The van der Waals surface area contributed by atoms with Crippen LogP contribution >= 0.6 is 11.7 Å². The van der Waals surface area contributed by atoms with Crippen LogP contribution in [0.2, 0.25) is 0 Å². The molecule has 49 heavy (non-hydrogen) atoms. The van der Waals surface area contributed by atoms with Crippen molar-refractivity contribution in [2.75, 3.05) is 44.4 Å². The molecule has 4 N–H and O–H groups in total. The van der Waals surface area contributed by atoms with Crippen LogP contribution in [0.15, 0.2) is 60.7 Å². The molecule has 256 valence electrons. The first-order chi connectivity index (χ1) is 23.5. The van der Waals surface area contributed by atoms with Gasteiger partial charge in [0.1, 0.15) is 35.3 Å². The maximum Gasteiger partial charge on any atom is 0.342 e. The van der Waals surface area contributed by atoms with E-state index in [-0.39, 0.29) is 42.0 Å². The number of hydrogen-bond acceptors (Lipinski definition) is 12. The number of phenols is 2. The smallest absolute Gasteiger partial charge is 0.342 e. The van der Waals surface area contributed by atoms with Gasteiger partial charge < -0.3 is 39.7 Å². The number of carbonyl (C=O) groups is 2. The molecule has 1 saturated heterocycles. The minimum absolute atomic E-state index is 0.0272. The first-order valence-electron chi connectivity index (χ1n) is 15.9. The topological polar surface area (TPSA) is 164 Å². The second-order valence-corrected chi connectivity index (χ2v) is 13.4. The van der Waals surface area contributed by atoms with Gasteiger partial charge in [-0.15, -0.1) is 4.37 Å². The largest absolute Gasteiger partial charge is 0.507 e. The van der Waals surface area contributed by atoms with Crippen molar-refractivity contribution < 1.29 is 39.1 Å². The van der Waals surface area contributed by atoms with Crippen molar-refractivity contribution >= 4 is 51.0 Å². The van der Waals surface area contributed by atoms with Crippen LogP contribution in [-0.2, 0) is 15.9 Å². The number of ether oxygens (including phenoxy) is 3. The van der Waals surface area contributed by atoms with Crippen LogP contribution in [0.4, 0.5) is 5.82 Å². The van der Waals surface area contributed by atoms with E-state index in [1.807, 2.05) is 37.8 Å². The van der Waals surface area contributed by atoms with E-state index in [1.165, 1.54) is 6.07 Å². The Bertz CT molecular complexity index is 2000. The van der Waals surface area contributed by atoms with E-state index in [1.54, 1.807) is 42.5 Å². The Morgan fingerprint density at radius 3 is 2.14 bits per heavy atom. The monoisotopic (exact) mass is 686 g/mol. The standard InChI is InChI=1S/C36H38N4O8S/c1-36(2,3)37-19-23(20-47-33-32(38-49-39-33)40-12-14-46-15-13-40)48-35(45)29-17-22-9-5-7-11-25(22)27(31(29)42)18-26-24-10-6-4-8-21(24)16-28(30(26)41)34(43)44/h4-11,16-17,23,37,41-42H,12-15,18-20H2,1-3H3,(H,43,44)/t23-/m0/s1. The van der Waals surface area contributed by atoms with Crippen LogP contribution in [-0.4, -0.2) is 87.1 Å². The average Bonchev–Trinajstić information content (AvgIpc) is 3.56. The number of carbonyl (C=O) groups excluding carboxylic acids is 1. The second-order valence-electron chi connectivity index (χ2n) is 12.9. The normalized spacial score (nSPS) is 14.2. The fourth-order valence-corrected chi connectivity index (χ4v) is 6.37. The molecule has 13 heteroatoms. The Labute approximate surface area is 287 Å². The van der Waals surface area contributed by atoms with E-state index < -0.39 is 23.8 Å². The van der Waals surface area contributed by atoms with Crippen molar-refractivity contribution in [1.29, 1.82) is 0 Å². The van der Waals surface area contributed by atoms with Gasteiger partial charge in [0.05, 0.1) is 24.9 Å². The molecule has 1 aliphatic heterocycles. The third-order valence-corrected chi connectivity index (χ3v) is 8.85. The lowest BCUT2D eigenvalue weighted by Gasteiger charge is -2.28. The summed E-state index contributed by atoms with van der Waals surface area (Å²) in [6.07, 6.45) is -0.833. The summed E-state index contributed by atoms with van der Waals surface area (Å²) < 4.78 is 26.3. The number of carboxylic acid groups (broad SMARTS) is 1. The molecule has 12 nitrogen and oxygen atoms in total. The summed E-state index contributed by atoms with van der Waals surface area (Å²) in [6, 6.07) is 17.3. The molecule has 4 aromatic carbocycles. The molecule has 5 aromatic rings. The van der Waals surface area contributed by atoms with E-state index in [4.69, 9.17) is 14.2 Å². The van der Waals surface area contributed by atoms with Gasteiger partial charge in [-0.1, -0.05) is 48.5 Å². The first kappa shape index (κ1) is 33.9. The van der Waals surface area contributed by atoms with Crippen LogP contribution in [0.1, 0.15) is 52.6 Å². The first-order valence-corrected chi connectivity index (χ1v) is 16.7. The van der Waals surface area contributed by atoms with E-state index in [0.29, 0.717) is 70.7 Å². The highest BCUT2D eigenvalue weighted by molar-refractivity contribution is 6.99. The molecule has 0 saturated carbocycles. The van der Waals surface area contributed by atoms with Crippen molar-refractivity contribution in [3.63, 3.8) is 0 Å². The number of nitrogens with zero attached hydrogens (tertiary/aromatic N) is 3. The molecule has 0 amide bonds. The lowest BCUT2D eigenvalue weighted by Crippen LogP contribution is -2.44. The zero-order valence-electron chi connectivity index (χ0n) is 27.4. The zero-order chi connectivity index (χ0) is 34.7. The number of aromatic carboxylic acids is 1. The number of morpholine rings is 1. The van der Waals surface area contributed by atoms with Crippen LogP contribution in [0.5, 0.6) is 17.4 Å². The van der Waals surface area contributed by atoms with E-state index in [2.05, 4.69) is 14.1 Å². The maximum absolute atomic E-state index is 13.9. The Balaban J connectivity index is 1.33. The Morgan fingerprint density at radius 2 is 1.53 bits per heavy atom. The molecular formula is C36H38N4O8S. The number of fused-ring (bicyclic) bond motifs is 2. The van der Waals surface area contributed by atoms with Crippen LogP contribution < -0.4 is 15.0 Å². The van der Waals surface area contributed by atoms with Crippen molar-refractivity contribution in [3.8, 4) is 17.4 Å². The predicted molar refractivity (Wildman–Crippen MR) is 186 cm³/mol. The third-order valence-electron chi connectivity index (χ3n) is 8.35. The fourth-order valence-electron chi connectivity index (χ4n) is 5.85. The molecule has 6 rings (SSSR count). The van der Waals surface area contributed by atoms with Gasteiger partial charge in [0.25, 0.3) is 5.88 Å². The van der Waals surface area contributed by atoms with Crippen LogP contribution in [0.3, 0.4) is 0 Å². The summed E-state index contributed by atoms with van der Waals surface area (Å²) in [4.78, 5) is 28.0. The van der Waals surface area contributed by atoms with Gasteiger partial charge in [-0.2, -0.15) is 4.37 Å². The van der Waals surface area contributed by atoms with Crippen molar-refractivity contribution in [2.24, 2.45) is 0 Å². The summed E-state index contributed by atoms with van der Waals surface area (Å²) in [7, 11) is 0. The van der Waals surface area contributed by atoms with Gasteiger partial charge in [0, 0.05) is 42.7 Å². The molecule has 0 radical (unpaired) electrons. The fraction of sp³-hybridized carbons (Fsp3) is 0.333. The highest BCUT2D eigenvalue weighted by Gasteiger charge is 2.27.